The number of thioether (sulfide) groups is 1. The number of aromatic nitrogens is 4. The third-order valence-electron chi connectivity index (χ3n) is 4.48. The molecular formula is C20H23N5OS. The molecule has 0 spiro atoms. The van der Waals surface area contributed by atoms with Crippen molar-refractivity contribution in [2.75, 3.05) is 11.1 Å². The monoisotopic (exact) mass is 381 g/mol. The minimum absolute atomic E-state index is 0.0517. The molecule has 2 heterocycles. The lowest BCUT2D eigenvalue weighted by Gasteiger charge is -2.15. The molecule has 27 heavy (non-hydrogen) atoms. The Bertz CT molecular complexity index is 910. The normalized spacial score (nSPS) is 12.0. The van der Waals surface area contributed by atoms with Gasteiger partial charge in [-0.15, -0.1) is 10.2 Å². The van der Waals surface area contributed by atoms with Gasteiger partial charge in [-0.05, 0) is 36.1 Å². The summed E-state index contributed by atoms with van der Waals surface area (Å²) < 4.78 is 1.89. The summed E-state index contributed by atoms with van der Waals surface area (Å²) in [6.07, 6.45) is 4.47. The smallest absolute Gasteiger partial charge is 0.234 e. The number of nitrogens with one attached hydrogen (secondary N) is 1. The Morgan fingerprint density at radius 2 is 1.93 bits per heavy atom. The summed E-state index contributed by atoms with van der Waals surface area (Å²) in [6, 6.07) is 11.7. The van der Waals surface area contributed by atoms with Crippen molar-refractivity contribution < 1.29 is 4.79 Å². The van der Waals surface area contributed by atoms with Crippen LogP contribution in [0.1, 0.15) is 31.7 Å². The standard InChI is InChI=1S/C20H23N5OS/c1-4-14(2)16-7-5-6-8-17(16)22-18(26)13-27-20-24-23-19(25(20)3)15-9-11-21-12-10-15/h5-12,14H,4,13H2,1-3H3,(H,22,26)/t14-/m1/s1. The molecule has 6 nitrogen and oxygen atoms in total. The minimum Gasteiger partial charge on any atom is -0.325 e. The summed E-state index contributed by atoms with van der Waals surface area (Å²) >= 11 is 1.37. The molecule has 0 unspecified atom stereocenters. The Morgan fingerprint density at radius 1 is 1.19 bits per heavy atom. The molecule has 0 fully saturated rings. The molecular weight excluding hydrogens is 358 g/mol. The van der Waals surface area contributed by atoms with Gasteiger partial charge in [0.25, 0.3) is 0 Å². The lowest BCUT2D eigenvalue weighted by atomic mass is 9.97. The van der Waals surface area contributed by atoms with E-state index in [1.54, 1.807) is 12.4 Å². The molecule has 1 amide bonds. The minimum atomic E-state index is -0.0517. The maximum absolute atomic E-state index is 12.4. The Kier molecular flexibility index (Phi) is 6.24. The van der Waals surface area contributed by atoms with Crippen LogP contribution >= 0.6 is 11.8 Å². The zero-order valence-electron chi connectivity index (χ0n) is 15.7. The van der Waals surface area contributed by atoms with Gasteiger partial charge >= 0.3 is 0 Å². The Morgan fingerprint density at radius 3 is 2.67 bits per heavy atom. The number of amides is 1. The van der Waals surface area contributed by atoms with Gasteiger partial charge in [0.2, 0.25) is 5.91 Å². The molecule has 3 aromatic rings. The van der Waals surface area contributed by atoms with Crippen LogP contribution in [0.5, 0.6) is 0 Å². The third kappa shape index (κ3) is 4.54. The molecule has 3 rings (SSSR count). The highest BCUT2D eigenvalue weighted by molar-refractivity contribution is 7.99. The van der Waals surface area contributed by atoms with E-state index in [9.17, 15) is 4.79 Å². The van der Waals surface area contributed by atoms with Crippen LogP contribution in [0.3, 0.4) is 0 Å². The lowest BCUT2D eigenvalue weighted by Crippen LogP contribution is -2.16. The number of carbonyl (C=O) groups is 1. The van der Waals surface area contributed by atoms with Crippen molar-refractivity contribution in [1.82, 2.24) is 19.7 Å². The summed E-state index contributed by atoms with van der Waals surface area (Å²) in [5, 5.41) is 12.2. The van der Waals surface area contributed by atoms with E-state index < -0.39 is 0 Å². The van der Waals surface area contributed by atoms with Gasteiger partial charge in [0.15, 0.2) is 11.0 Å². The lowest BCUT2D eigenvalue weighted by molar-refractivity contribution is -0.113. The summed E-state index contributed by atoms with van der Waals surface area (Å²) in [5.41, 5.74) is 2.99. The van der Waals surface area contributed by atoms with Crippen molar-refractivity contribution in [3.63, 3.8) is 0 Å². The summed E-state index contributed by atoms with van der Waals surface area (Å²) in [6.45, 7) is 4.31. The molecule has 0 radical (unpaired) electrons. The maximum Gasteiger partial charge on any atom is 0.234 e. The van der Waals surface area contributed by atoms with Crippen molar-refractivity contribution in [2.24, 2.45) is 7.05 Å². The highest BCUT2D eigenvalue weighted by Crippen LogP contribution is 2.27. The van der Waals surface area contributed by atoms with E-state index in [-0.39, 0.29) is 11.7 Å². The van der Waals surface area contributed by atoms with Crippen LogP contribution < -0.4 is 5.32 Å². The van der Waals surface area contributed by atoms with Crippen molar-refractivity contribution in [1.29, 1.82) is 0 Å². The highest BCUT2D eigenvalue weighted by Gasteiger charge is 2.14. The SMILES string of the molecule is CC[C@@H](C)c1ccccc1NC(=O)CSc1nnc(-c2ccncc2)n1C. The molecule has 0 saturated heterocycles. The summed E-state index contributed by atoms with van der Waals surface area (Å²) in [4.78, 5) is 16.5. The number of hydrogen-bond donors (Lipinski definition) is 1. The molecule has 140 valence electrons. The molecule has 0 aliphatic heterocycles. The first kappa shape index (κ1) is 19.1. The molecule has 0 aliphatic rings. The maximum atomic E-state index is 12.4. The van der Waals surface area contributed by atoms with Crippen LogP contribution in [0.15, 0.2) is 53.9 Å². The van der Waals surface area contributed by atoms with E-state index in [1.807, 2.05) is 41.9 Å². The van der Waals surface area contributed by atoms with Gasteiger partial charge in [-0.2, -0.15) is 0 Å². The fraction of sp³-hybridized carbons (Fsp3) is 0.300. The number of anilines is 1. The molecule has 0 aliphatic carbocycles. The number of nitrogens with zero attached hydrogens (tertiary/aromatic N) is 4. The van der Waals surface area contributed by atoms with Gasteiger partial charge in [0, 0.05) is 30.7 Å². The van der Waals surface area contributed by atoms with Crippen LogP contribution in [0, 0.1) is 0 Å². The summed E-state index contributed by atoms with van der Waals surface area (Å²) in [7, 11) is 1.90. The Labute approximate surface area is 163 Å². The predicted octanol–water partition coefficient (Wildman–Crippen LogP) is 4.12. The fourth-order valence-corrected chi connectivity index (χ4v) is 3.48. The second kappa shape index (κ2) is 8.81. The van der Waals surface area contributed by atoms with Crippen molar-refractivity contribution in [2.45, 2.75) is 31.3 Å². The molecule has 7 heteroatoms. The van der Waals surface area contributed by atoms with E-state index in [4.69, 9.17) is 0 Å². The topological polar surface area (TPSA) is 72.7 Å². The van der Waals surface area contributed by atoms with Gasteiger partial charge < -0.3 is 9.88 Å². The molecule has 1 N–H and O–H groups in total. The van der Waals surface area contributed by atoms with Gasteiger partial charge in [-0.25, -0.2) is 0 Å². The van der Waals surface area contributed by atoms with E-state index in [0.29, 0.717) is 11.1 Å². The van der Waals surface area contributed by atoms with Crippen molar-refractivity contribution in [3.8, 4) is 11.4 Å². The van der Waals surface area contributed by atoms with Crippen LogP contribution in [-0.4, -0.2) is 31.4 Å². The number of benzene rings is 1. The molecule has 0 bridgehead atoms. The number of para-hydroxylation sites is 1. The molecule has 1 aromatic carbocycles. The van der Waals surface area contributed by atoms with Crippen molar-refractivity contribution in [3.05, 3.63) is 54.4 Å². The third-order valence-corrected chi connectivity index (χ3v) is 5.50. The molecule has 1 atom stereocenters. The van der Waals surface area contributed by atoms with E-state index in [0.717, 1.165) is 29.1 Å². The number of pyridine rings is 1. The average Bonchev–Trinajstić information content (AvgIpc) is 3.07. The number of rotatable bonds is 7. The fourth-order valence-electron chi connectivity index (χ4n) is 2.77. The first-order valence-corrected chi connectivity index (χ1v) is 9.90. The first-order chi connectivity index (χ1) is 13.1. The van der Waals surface area contributed by atoms with Crippen LogP contribution in [0.4, 0.5) is 5.69 Å². The zero-order chi connectivity index (χ0) is 19.2. The average molecular weight is 382 g/mol. The van der Waals surface area contributed by atoms with Crippen LogP contribution in [0.25, 0.3) is 11.4 Å². The van der Waals surface area contributed by atoms with Gasteiger partial charge in [-0.3, -0.25) is 9.78 Å². The van der Waals surface area contributed by atoms with Crippen molar-refractivity contribution >= 4 is 23.4 Å². The van der Waals surface area contributed by atoms with Gasteiger partial charge in [-0.1, -0.05) is 43.8 Å². The van der Waals surface area contributed by atoms with Crippen LogP contribution in [0.2, 0.25) is 0 Å². The van der Waals surface area contributed by atoms with E-state index in [2.05, 4.69) is 40.4 Å². The first-order valence-electron chi connectivity index (χ1n) is 8.91. The Balaban J connectivity index is 1.65. The van der Waals surface area contributed by atoms with Gasteiger partial charge in [0.05, 0.1) is 5.75 Å². The number of hydrogen-bond acceptors (Lipinski definition) is 5. The second-order valence-corrected chi connectivity index (χ2v) is 7.28. The zero-order valence-corrected chi connectivity index (χ0v) is 16.5. The highest BCUT2D eigenvalue weighted by atomic mass is 32.2. The van der Waals surface area contributed by atoms with Crippen LogP contribution in [-0.2, 0) is 11.8 Å². The Hall–Kier alpha value is -2.67. The quantitative estimate of drug-likeness (QED) is 0.623. The second-order valence-electron chi connectivity index (χ2n) is 6.33. The predicted molar refractivity (Wildman–Crippen MR) is 109 cm³/mol. The van der Waals surface area contributed by atoms with E-state index >= 15 is 0 Å². The molecule has 2 aromatic heterocycles. The van der Waals surface area contributed by atoms with E-state index in [1.165, 1.54) is 11.8 Å². The van der Waals surface area contributed by atoms with Gasteiger partial charge in [0.1, 0.15) is 0 Å². The number of carbonyl (C=O) groups excluding carboxylic acids is 1. The molecule has 0 saturated carbocycles. The largest absolute Gasteiger partial charge is 0.325 e. The summed E-state index contributed by atoms with van der Waals surface area (Å²) in [5.74, 6) is 1.37.